The summed E-state index contributed by atoms with van der Waals surface area (Å²) in [5, 5.41) is 0. The summed E-state index contributed by atoms with van der Waals surface area (Å²) in [6.45, 7) is 0.413. The number of halogens is 1. The summed E-state index contributed by atoms with van der Waals surface area (Å²) in [5.74, 6) is 6.79. The predicted octanol–water partition coefficient (Wildman–Crippen LogP) is 2.71. The molecule has 2 aromatic rings. The van der Waals surface area contributed by atoms with Crippen molar-refractivity contribution in [3.8, 4) is 5.75 Å². The van der Waals surface area contributed by atoms with Crippen LogP contribution < -0.4 is 16.0 Å². The largest absolute Gasteiger partial charge is 0.488 e. The molecule has 1 aromatic carbocycles. The molecule has 4 nitrogen and oxygen atoms in total. The van der Waals surface area contributed by atoms with E-state index in [0.29, 0.717) is 12.4 Å². The van der Waals surface area contributed by atoms with Crippen molar-refractivity contribution in [1.82, 2.24) is 4.98 Å². The van der Waals surface area contributed by atoms with Gasteiger partial charge in [-0.1, -0.05) is 18.2 Å². The van der Waals surface area contributed by atoms with E-state index in [2.05, 4.69) is 26.3 Å². The van der Waals surface area contributed by atoms with Gasteiger partial charge in [-0.25, -0.2) is 10.8 Å². The second kappa shape index (κ2) is 5.65. The highest BCUT2D eigenvalue weighted by atomic mass is 79.9. The van der Waals surface area contributed by atoms with Gasteiger partial charge in [-0.05, 0) is 34.1 Å². The molecular weight excluding hydrogens is 282 g/mol. The Morgan fingerprint density at radius 1 is 1.24 bits per heavy atom. The quantitative estimate of drug-likeness (QED) is 0.672. The Balaban J connectivity index is 2.10. The van der Waals surface area contributed by atoms with Crippen molar-refractivity contribution >= 4 is 21.7 Å². The number of hydrogen-bond donors (Lipinski definition) is 2. The lowest BCUT2D eigenvalue weighted by Gasteiger charge is -2.10. The minimum atomic E-state index is 0.413. The molecule has 5 heteroatoms. The topological polar surface area (TPSA) is 60.2 Å². The summed E-state index contributed by atoms with van der Waals surface area (Å²) in [7, 11) is 0. The van der Waals surface area contributed by atoms with Crippen LogP contribution >= 0.6 is 15.9 Å². The van der Waals surface area contributed by atoms with Crippen LogP contribution in [-0.2, 0) is 6.61 Å². The van der Waals surface area contributed by atoms with E-state index in [1.807, 2.05) is 36.4 Å². The van der Waals surface area contributed by atoms with Crippen LogP contribution in [0.15, 0.2) is 47.1 Å². The van der Waals surface area contributed by atoms with Crippen LogP contribution in [0.5, 0.6) is 5.75 Å². The SMILES string of the molecule is NNc1ncccc1COc1ccccc1Br. The fourth-order valence-electron chi connectivity index (χ4n) is 1.40. The number of anilines is 1. The first kappa shape index (κ1) is 11.9. The zero-order valence-corrected chi connectivity index (χ0v) is 10.6. The molecule has 0 aliphatic heterocycles. The molecule has 0 saturated carbocycles. The third kappa shape index (κ3) is 2.95. The highest BCUT2D eigenvalue weighted by Gasteiger charge is 2.04. The van der Waals surface area contributed by atoms with Crippen molar-refractivity contribution in [3.63, 3.8) is 0 Å². The molecule has 0 spiro atoms. The van der Waals surface area contributed by atoms with Crippen LogP contribution in [0.4, 0.5) is 5.82 Å². The molecule has 0 radical (unpaired) electrons. The number of nitrogens with zero attached hydrogens (tertiary/aromatic N) is 1. The Labute approximate surface area is 108 Å². The first-order chi connectivity index (χ1) is 8.31. The zero-order valence-electron chi connectivity index (χ0n) is 9.06. The van der Waals surface area contributed by atoms with Crippen molar-refractivity contribution in [2.45, 2.75) is 6.61 Å². The van der Waals surface area contributed by atoms with Crippen molar-refractivity contribution in [2.75, 3.05) is 5.43 Å². The fraction of sp³-hybridized carbons (Fsp3) is 0.0833. The first-order valence-electron chi connectivity index (χ1n) is 5.09. The lowest BCUT2D eigenvalue weighted by molar-refractivity contribution is 0.304. The van der Waals surface area contributed by atoms with Crippen LogP contribution in [0.2, 0.25) is 0 Å². The van der Waals surface area contributed by atoms with Crippen molar-refractivity contribution in [2.24, 2.45) is 5.84 Å². The Hall–Kier alpha value is -1.59. The number of nitrogens with one attached hydrogen (secondary N) is 1. The Kier molecular flexibility index (Phi) is 3.95. The normalized spacial score (nSPS) is 10.0. The molecule has 0 aliphatic carbocycles. The average Bonchev–Trinajstić information content (AvgIpc) is 2.38. The molecule has 0 saturated heterocycles. The van der Waals surface area contributed by atoms with Gasteiger partial charge in [0.05, 0.1) is 4.47 Å². The second-order valence-corrected chi connectivity index (χ2v) is 4.23. The van der Waals surface area contributed by atoms with E-state index in [1.54, 1.807) is 6.20 Å². The van der Waals surface area contributed by atoms with Crippen LogP contribution in [0, 0.1) is 0 Å². The number of rotatable bonds is 4. The van der Waals surface area contributed by atoms with E-state index in [4.69, 9.17) is 10.6 Å². The van der Waals surface area contributed by atoms with Crippen molar-refractivity contribution in [1.29, 1.82) is 0 Å². The molecule has 1 aromatic heterocycles. The number of para-hydroxylation sites is 1. The van der Waals surface area contributed by atoms with Crippen LogP contribution in [0.1, 0.15) is 5.56 Å². The summed E-state index contributed by atoms with van der Waals surface area (Å²) < 4.78 is 6.61. The Morgan fingerprint density at radius 2 is 2.06 bits per heavy atom. The molecule has 0 atom stereocenters. The number of nitrogens with two attached hydrogens (primary N) is 1. The fourth-order valence-corrected chi connectivity index (χ4v) is 1.80. The van der Waals surface area contributed by atoms with Gasteiger partial charge in [-0.3, -0.25) is 0 Å². The van der Waals surface area contributed by atoms with Crippen LogP contribution in [-0.4, -0.2) is 4.98 Å². The molecule has 88 valence electrons. The number of hydrogen-bond acceptors (Lipinski definition) is 4. The lowest BCUT2D eigenvalue weighted by atomic mass is 10.2. The molecule has 17 heavy (non-hydrogen) atoms. The molecule has 0 aliphatic rings. The van der Waals surface area contributed by atoms with Crippen LogP contribution in [0.25, 0.3) is 0 Å². The number of nitrogen functional groups attached to an aromatic ring is 1. The Bertz CT molecular complexity index is 505. The molecule has 3 N–H and O–H groups in total. The minimum Gasteiger partial charge on any atom is -0.488 e. The molecular formula is C12H12BrN3O. The second-order valence-electron chi connectivity index (χ2n) is 3.37. The number of pyridine rings is 1. The maximum atomic E-state index is 5.68. The van der Waals surface area contributed by atoms with E-state index >= 15 is 0 Å². The Morgan fingerprint density at radius 3 is 2.82 bits per heavy atom. The number of aromatic nitrogens is 1. The zero-order chi connectivity index (χ0) is 12.1. The van der Waals surface area contributed by atoms with E-state index in [9.17, 15) is 0 Å². The van der Waals surface area contributed by atoms with Crippen molar-refractivity contribution in [3.05, 3.63) is 52.6 Å². The van der Waals surface area contributed by atoms with Gasteiger partial charge < -0.3 is 10.2 Å². The molecule has 0 amide bonds. The van der Waals surface area contributed by atoms with Gasteiger partial charge in [0, 0.05) is 11.8 Å². The summed E-state index contributed by atoms with van der Waals surface area (Å²) in [6.07, 6.45) is 1.68. The van der Waals surface area contributed by atoms with Gasteiger partial charge in [0.15, 0.2) is 0 Å². The average molecular weight is 294 g/mol. The van der Waals surface area contributed by atoms with Gasteiger partial charge in [0.25, 0.3) is 0 Å². The van der Waals surface area contributed by atoms with Crippen molar-refractivity contribution < 1.29 is 4.74 Å². The highest BCUT2D eigenvalue weighted by molar-refractivity contribution is 9.10. The number of hydrazine groups is 1. The molecule has 0 bridgehead atoms. The smallest absolute Gasteiger partial charge is 0.146 e. The molecule has 0 unspecified atom stereocenters. The maximum absolute atomic E-state index is 5.68. The summed E-state index contributed by atoms with van der Waals surface area (Å²) in [5.41, 5.74) is 3.45. The maximum Gasteiger partial charge on any atom is 0.146 e. The van der Waals surface area contributed by atoms with Crippen LogP contribution in [0.3, 0.4) is 0 Å². The minimum absolute atomic E-state index is 0.413. The third-order valence-electron chi connectivity index (χ3n) is 2.25. The highest BCUT2D eigenvalue weighted by Crippen LogP contribution is 2.25. The van der Waals surface area contributed by atoms with Gasteiger partial charge in [-0.2, -0.15) is 0 Å². The van der Waals surface area contributed by atoms with E-state index < -0.39 is 0 Å². The first-order valence-corrected chi connectivity index (χ1v) is 5.88. The van der Waals surface area contributed by atoms with Gasteiger partial charge in [0.1, 0.15) is 18.2 Å². The number of ether oxygens (including phenoxy) is 1. The van der Waals surface area contributed by atoms with Gasteiger partial charge in [-0.15, -0.1) is 0 Å². The standard InChI is InChI=1S/C12H12BrN3O/c13-10-5-1-2-6-11(10)17-8-9-4-3-7-15-12(9)16-14/h1-7H,8,14H2,(H,15,16). The molecule has 0 fully saturated rings. The molecule has 2 rings (SSSR count). The van der Waals surface area contributed by atoms with E-state index in [-0.39, 0.29) is 0 Å². The third-order valence-corrected chi connectivity index (χ3v) is 2.90. The summed E-state index contributed by atoms with van der Waals surface area (Å²) >= 11 is 3.42. The van der Waals surface area contributed by atoms with E-state index in [1.165, 1.54) is 0 Å². The summed E-state index contributed by atoms with van der Waals surface area (Å²) in [6, 6.07) is 11.5. The van der Waals surface area contributed by atoms with E-state index in [0.717, 1.165) is 15.8 Å². The lowest BCUT2D eigenvalue weighted by Crippen LogP contribution is -2.12. The van der Waals surface area contributed by atoms with Gasteiger partial charge in [0.2, 0.25) is 0 Å². The molecule has 1 heterocycles. The van der Waals surface area contributed by atoms with Gasteiger partial charge >= 0.3 is 0 Å². The monoisotopic (exact) mass is 293 g/mol. The number of benzene rings is 1. The summed E-state index contributed by atoms with van der Waals surface area (Å²) in [4.78, 5) is 4.10. The predicted molar refractivity (Wildman–Crippen MR) is 70.5 cm³/mol.